The van der Waals surface area contributed by atoms with Crippen LogP contribution in [-0.4, -0.2) is 23.4 Å². The lowest BCUT2D eigenvalue weighted by molar-refractivity contribution is 0.190. The molecule has 0 spiro atoms. The predicted molar refractivity (Wildman–Crippen MR) is 49.7 cm³/mol. The molecule has 0 amide bonds. The van der Waals surface area contributed by atoms with Crippen molar-refractivity contribution in [3.8, 4) is 0 Å². The van der Waals surface area contributed by atoms with E-state index in [4.69, 9.17) is 14.9 Å². The summed E-state index contributed by atoms with van der Waals surface area (Å²) in [5.41, 5.74) is 5.78. The molecule has 2 N–H and O–H groups in total. The Bertz CT molecular complexity index is 294. The van der Waals surface area contributed by atoms with Crippen molar-refractivity contribution in [2.75, 3.05) is 13.2 Å². The quantitative estimate of drug-likeness (QED) is 0.781. The lowest BCUT2D eigenvalue weighted by atomic mass is 10.1. The first-order valence-corrected chi connectivity index (χ1v) is 4.98. The zero-order valence-corrected chi connectivity index (χ0v) is 8.27. The molecule has 1 aromatic heterocycles. The Morgan fingerprint density at radius 3 is 3.07 bits per heavy atom. The molecule has 2 unspecified atom stereocenters. The second kappa shape index (κ2) is 4.06. The van der Waals surface area contributed by atoms with Crippen molar-refractivity contribution in [1.82, 2.24) is 10.2 Å². The second-order valence-electron chi connectivity index (χ2n) is 3.55. The molecule has 0 bridgehead atoms. The van der Waals surface area contributed by atoms with E-state index in [1.54, 1.807) is 0 Å². The molecule has 0 aromatic carbocycles. The summed E-state index contributed by atoms with van der Waals surface area (Å²) >= 11 is 0. The molecule has 2 heterocycles. The topological polar surface area (TPSA) is 74.2 Å². The zero-order valence-electron chi connectivity index (χ0n) is 8.27. The highest BCUT2D eigenvalue weighted by atomic mass is 16.5. The van der Waals surface area contributed by atoms with Crippen LogP contribution in [0.4, 0.5) is 0 Å². The van der Waals surface area contributed by atoms with Gasteiger partial charge in [0.1, 0.15) is 0 Å². The van der Waals surface area contributed by atoms with Crippen LogP contribution in [0.3, 0.4) is 0 Å². The Hall–Kier alpha value is -0.940. The molecule has 1 aromatic rings. The third-order valence-corrected chi connectivity index (χ3v) is 2.49. The van der Waals surface area contributed by atoms with Crippen LogP contribution < -0.4 is 5.73 Å². The Morgan fingerprint density at radius 1 is 1.57 bits per heavy atom. The first-order valence-electron chi connectivity index (χ1n) is 4.98. The Morgan fingerprint density at radius 2 is 2.43 bits per heavy atom. The van der Waals surface area contributed by atoms with Crippen molar-refractivity contribution in [2.45, 2.75) is 31.7 Å². The molecule has 5 nitrogen and oxygen atoms in total. The SMILES string of the molecule is CCC(N)c1nnc(C2CCOC2)o1. The maximum Gasteiger partial charge on any atom is 0.233 e. The zero-order chi connectivity index (χ0) is 9.97. The van der Waals surface area contributed by atoms with Crippen molar-refractivity contribution in [3.63, 3.8) is 0 Å². The van der Waals surface area contributed by atoms with E-state index in [9.17, 15) is 0 Å². The molecular formula is C9H15N3O2. The molecule has 5 heteroatoms. The maximum absolute atomic E-state index is 5.78. The van der Waals surface area contributed by atoms with E-state index >= 15 is 0 Å². The molecule has 1 saturated heterocycles. The van der Waals surface area contributed by atoms with Crippen LogP contribution in [0.25, 0.3) is 0 Å². The van der Waals surface area contributed by atoms with Crippen LogP contribution >= 0.6 is 0 Å². The lowest BCUT2D eigenvalue weighted by Gasteiger charge is -2.02. The molecule has 1 fully saturated rings. The van der Waals surface area contributed by atoms with Crippen LogP contribution in [0.1, 0.15) is 43.5 Å². The molecule has 0 aliphatic carbocycles. The van der Waals surface area contributed by atoms with E-state index in [0.29, 0.717) is 18.4 Å². The van der Waals surface area contributed by atoms with E-state index in [0.717, 1.165) is 19.4 Å². The van der Waals surface area contributed by atoms with Crippen LogP contribution in [0.2, 0.25) is 0 Å². The molecule has 2 atom stereocenters. The number of rotatable bonds is 3. The van der Waals surface area contributed by atoms with Gasteiger partial charge in [0.05, 0.1) is 18.6 Å². The number of ether oxygens (including phenoxy) is 1. The molecule has 0 saturated carbocycles. The number of nitrogens with two attached hydrogens (primary N) is 1. The van der Waals surface area contributed by atoms with Gasteiger partial charge in [-0.15, -0.1) is 10.2 Å². The Balaban J connectivity index is 2.08. The summed E-state index contributed by atoms with van der Waals surface area (Å²) in [4.78, 5) is 0. The van der Waals surface area contributed by atoms with E-state index < -0.39 is 0 Å². The van der Waals surface area contributed by atoms with Crippen molar-refractivity contribution < 1.29 is 9.15 Å². The number of hydrogen-bond acceptors (Lipinski definition) is 5. The van der Waals surface area contributed by atoms with Gasteiger partial charge < -0.3 is 14.9 Å². The van der Waals surface area contributed by atoms with E-state index in [-0.39, 0.29) is 12.0 Å². The normalized spacial score (nSPS) is 24.0. The summed E-state index contributed by atoms with van der Waals surface area (Å²) < 4.78 is 10.7. The van der Waals surface area contributed by atoms with Crippen LogP contribution in [0.15, 0.2) is 4.42 Å². The highest BCUT2D eigenvalue weighted by molar-refractivity contribution is 4.95. The van der Waals surface area contributed by atoms with E-state index in [1.165, 1.54) is 0 Å². The summed E-state index contributed by atoms with van der Waals surface area (Å²) in [5, 5.41) is 7.92. The monoisotopic (exact) mass is 197 g/mol. The Kier molecular flexibility index (Phi) is 2.79. The highest BCUT2D eigenvalue weighted by Gasteiger charge is 2.24. The minimum absolute atomic E-state index is 0.140. The Labute approximate surface area is 82.6 Å². The molecule has 78 valence electrons. The van der Waals surface area contributed by atoms with Gasteiger partial charge in [-0.2, -0.15) is 0 Å². The number of hydrogen-bond donors (Lipinski definition) is 1. The fraction of sp³-hybridized carbons (Fsp3) is 0.778. The van der Waals surface area contributed by atoms with Crippen LogP contribution in [0.5, 0.6) is 0 Å². The summed E-state index contributed by atoms with van der Waals surface area (Å²) in [6.45, 7) is 3.46. The van der Waals surface area contributed by atoms with Gasteiger partial charge in [-0.3, -0.25) is 0 Å². The summed E-state index contributed by atoms with van der Waals surface area (Å²) in [6, 6.07) is -0.140. The van der Waals surface area contributed by atoms with Gasteiger partial charge in [0, 0.05) is 6.61 Å². The van der Waals surface area contributed by atoms with Crippen LogP contribution in [0, 0.1) is 0 Å². The first kappa shape index (κ1) is 9.61. The van der Waals surface area contributed by atoms with Gasteiger partial charge in [-0.1, -0.05) is 6.92 Å². The molecule has 2 rings (SSSR count). The molecule has 1 aliphatic heterocycles. The summed E-state index contributed by atoms with van der Waals surface area (Å²) in [6.07, 6.45) is 1.77. The number of aromatic nitrogens is 2. The maximum atomic E-state index is 5.78. The molecule has 1 aliphatic rings. The van der Waals surface area contributed by atoms with E-state index in [1.807, 2.05) is 6.92 Å². The van der Waals surface area contributed by atoms with Gasteiger partial charge in [0.2, 0.25) is 11.8 Å². The van der Waals surface area contributed by atoms with E-state index in [2.05, 4.69) is 10.2 Å². The summed E-state index contributed by atoms with van der Waals surface area (Å²) in [5.74, 6) is 1.47. The first-order chi connectivity index (χ1) is 6.81. The molecule has 0 radical (unpaired) electrons. The molecule has 14 heavy (non-hydrogen) atoms. The predicted octanol–water partition coefficient (Wildman–Crippen LogP) is 0.983. The average molecular weight is 197 g/mol. The van der Waals surface area contributed by atoms with Crippen LogP contribution in [-0.2, 0) is 4.74 Å². The van der Waals surface area contributed by atoms with Gasteiger partial charge in [0.15, 0.2) is 0 Å². The third kappa shape index (κ3) is 1.78. The summed E-state index contributed by atoms with van der Waals surface area (Å²) in [7, 11) is 0. The van der Waals surface area contributed by atoms with Gasteiger partial charge >= 0.3 is 0 Å². The van der Waals surface area contributed by atoms with Crippen molar-refractivity contribution >= 4 is 0 Å². The fourth-order valence-corrected chi connectivity index (χ4v) is 1.47. The smallest absolute Gasteiger partial charge is 0.233 e. The van der Waals surface area contributed by atoms with Gasteiger partial charge in [-0.05, 0) is 12.8 Å². The second-order valence-corrected chi connectivity index (χ2v) is 3.55. The fourth-order valence-electron chi connectivity index (χ4n) is 1.47. The average Bonchev–Trinajstić information content (AvgIpc) is 2.86. The van der Waals surface area contributed by atoms with Crippen molar-refractivity contribution in [2.24, 2.45) is 5.73 Å². The van der Waals surface area contributed by atoms with Crippen molar-refractivity contribution in [1.29, 1.82) is 0 Å². The van der Waals surface area contributed by atoms with Gasteiger partial charge in [0.25, 0.3) is 0 Å². The third-order valence-electron chi connectivity index (χ3n) is 2.49. The standard InChI is InChI=1S/C9H15N3O2/c1-2-7(10)9-12-11-8(14-9)6-3-4-13-5-6/h6-7H,2-5,10H2,1H3. The molecular weight excluding hydrogens is 182 g/mol. The number of nitrogens with zero attached hydrogens (tertiary/aromatic N) is 2. The van der Waals surface area contributed by atoms with Gasteiger partial charge in [-0.25, -0.2) is 0 Å². The highest BCUT2D eigenvalue weighted by Crippen LogP contribution is 2.25. The lowest BCUT2D eigenvalue weighted by Crippen LogP contribution is -2.08. The minimum Gasteiger partial charge on any atom is -0.423 e. The largest absolute Gasteiger partial charge is 0.423 e. The minimum atomic E-state index is -0.140. The van der Waals surface area contributed by atoms with Crippen molar-refractivity contribution in [3.05, 3.63) is 11.8 Å².